The monoisotopic (exact) mass is 618 g/mol. The molecule has 0 aliphatic rings. The van der Waals surface area contributed by atoms with E-state index in [0.717, 1.165) is 33.6 Å². The average Bonchev–Trinajstić information content (AvgIpc) is 2.98. The molecular formula is C35H39FN2O5S. The van der Waals surface area contributed by atoms with Gasteiger partial charge < -0.3 is 14.8 Å². The molecular weight excluding hydrogens is 579 g/mol. The predicted molar refractivity (Wildman–Crippen MR) is 173 cm³/mol. The molecule has 0 heterocycles. The molecule has 1 amide bonds. The number of ether oxygens (including phenoxy) is 2. The van der Waals surface area contributed by atoms with Gasteiger partial charge in [0.25, 0.3) is 0 Å². The second kappa shape index (κ2) is 15.5. The fraction of sp³-hybridized carbons (Fsp3) is 0.286. The minimum absolute atomic E-state index is 0.0793. The van der Waals surface area contributed by atoms with Crippen molar-refractivity contribution in [2.45, 2.75) is 45.9 Å². The summed E-state index contributed by atoms with van der Waals surface area (Å²) in [5, 5.41) is 3.27. The second-order valence-corrected chi connectivity index (χ2v) is 12.3. The normalized spacial score (nSPS) is 11.3. The number of anilines is 1. The number of halogens is 1. The zero-order valence-electron chi connectivity index (χ0n) is 25.4. The summed E-state index contributed by atoms with van der Waals surface area (Å²) in [6.07, 6.45) is -0.0698. The number of aryl methyl sites for hydroxylation is 3. The van der Waals surface area contributed by atoms with Gasteiger partial charge in [-0.15, -0.1) is 0 Å². The van der Waals surface area contributed by atoms with Crippen molar-refractivity contribution in [3.05, 3.63) is 119 Å². The molecule has 4 aromatic carbocycles. The van der Waals surface area contributed by atoms with Crippen LogP contribution in [-0.2, 0) is 38.3 Å². The molecule has 0 spiro atoms. The average molecular weight is 619 g/mol. The third kappa shape index (κ3) is 9.65. The van der Waals surface area contributed by atoms with Crippen molar-refractivity contribution in [3.63, 3.8) is 0 Å². The van der Waals surface area contributed by atoms with Gasteiger partial charge in [0.15, 0.2) is 0 Å². The Balaban J connectivity index is 1.32. The summed E-state index contributed by atoms with van der Waals surface area (Å²) < 4.78 is 52.7. The van der Waals surface area contributed by atoms with Gasteiger partial charge in [0.2, 0.25) is 15.9 Å². The van der Waals surface area contributed by atoms with Gasteiger partial charge in [-0.3, -0.25) is 9.52 Å². The van der Waals surface area contributed by atoms with Crippen molar-refractivity contribution < 1.29 is 27.1 Å². The standard InChI is InChI=1S/C35H39FN2O5S/c1-4-42-17-18-43-32-19-25(2)35(26(3)20-32)30-12-8-11-28(21-30)23-37-31-15-13-29(33(36)22-31)14-16-34(39)38-44(40,41)24-27-9-6-5-7-10-27/h5-13,15,19-22,37H,4,14,16-18,23-24H2,1-3H3,(H,38,39). The molecule has 0 radical (unpaired) electrons. The van der Waals surface area contributed by atoms with Gasteiger partial charge in [0, 0.05) is 25.3 Å². The molecule has 232 valence electrons. The fourth-order valence-corrected chi connectivity index (χ4v) is 6.18. The molecule has 0 atom stereocenters. The predicted octanol–water partition coefficient (Wildman–Crippen LogP) is 6.72. The fourth-order valence-electron chi connectivity index (χ4n) is 5.03. The Hall–Kier alpha value is -4.21. The Bertz CT molecular complexity index is 1650. The Morgan fingerprint density at radius 3 is 2.30 bits per heavy atom. The van der Waals surface area contributed by atoms with Gasteiger partial charge in [-0.05, 0) is 96.5 Å². The lowest BCUT2D eigenvalue weighted by Gasteiger charge is -2.15. The summed E-state index contributed by atoms with van der Waals surface area (Å²) in [5.74, 6) is -0.608. The maximum atomic E-state index is 14.9. The maximum absolute atomic E-state index is 14.9. The number of sulfonamides is 1. The summed E-state index contributed by atoms with van der Waals surface area (Å²) in [7, 11) is -3.84. The van der Waals surface area contributed by atoms with Crippen LogP contribution in [0.3, 0.4) is 0 Å². The molecule has 0 fully saturated rings. The van der Waals surface area contributed by atoms with Gasteiger partial charge >= 0.3 is 0 Å². The minimum atomic E-state index is -3.84. The van der Waals surface area contributed by atoms with Gasteiger partial charge in [0.1, 0.15) is 18.2 Å². The van der Waals surface area contributed by atoms with E-state index in [1.54, 1.807) is 42.5 Å². The summed E-state index contributed by atoms with van der Waals surface area (Å²) in [4.78, 5) is 12.3. The van der Waals surface area contributed by atoms with Crippen molar-refractivity contribution in [1.82, 2.24) is 4.72 Å². The van der Waals surface area contributed by atoms with E-state index < -0.39 is 21.7 Å². The quantitative estimate of drug-likeness (QED) is 0.144. The van der Waals surface area contributed by atoms with E-state index in [9.17, 15) is 17.6 Å². The molecule has 0 aliphatic carbocycles. The largest absolute Gasteiger partial charge is 0.491 e. The van der Waals surface area contributed by atoms with Crippen LogP contribution in [0.25, 0.3) is 11.1 Å². The van der Waals surface area contributed by atoms with E-state index in [-0.39, 0.29) is 18.6 Å². The van der Waals surface area contributed by atoms with Gasteiger partial charge in [-0.2, -0.15) is 0 Å². The lowest BCUT2D eigenvalue weighted by molar-refractivity contribution is -0.119. The van der Waals surface area contributed by atoms with E-state index in [1.165, 1.54) is 6.07 Å². The van der Waals surface area contributed by atoms with Crippen molar-refractivity contribution in [3.8, 4) is 16.9 Å². The molecule has 0 saturated carbocycles. The van der Waals surface area contributed by atoms with Crippen LogP contribution in [0.1, 0.15) is 41.2 Å². The molecule has 7 nitrogen and oxygen atoms in total. The molecule has 4 aromatic rings. The lowest BCUT2D eigenvalue weighted by Crippen LogP contribution is -2.31. The van der Waals surface area contributed by atoms with Crippen LogP contribution >= 0.6 is 0 Å². The Morgan fingerprint density at radius 1 is 0.864 bits per heavy atom. The van der Waals surface area contributed by atoms with Crippen molar-refractivity contribution in [2.75, 3.05) is 25.1 Å². The van der Waals surface area contributed by atoms with Crippen LogP contribution < -0.4 is 14.8 Å². The molecule has 0 saturated heterocycles. The molecule has 44 heavy (non-hydrogen) atoms. The SMILES string of the molecule is CCOCCOc1cc(C)c(-c2cccc(CNc3ccc(CCC(=O)NS(=O)(=O)Cc4ccccc4)c(F)c3)c2)c(C)c1. The summed E-state index contributed by atoms with van der Waals surface area (Å²) in [6, 6.07) is 25.7. The number of benzene rings is 4. The zero-order chi connectivity index (χ0) is 31.5. The first kappa shape index (κ1) is 32.7. The number of hydrogen-bond acceptors (Lipinski definition) is 6. The third-order valence-corrected chi connectivity index (χ3v) is 8.31. The highest BCUT2D eigenvalue weighted by atomic mass is 32.2. The highest BCUT2D eigenvalue weighted by molar-refractivity contribution is 7.89. The van der Waals surface area contributed by atoms with Crippen molar-refractivity contribution in [1.29, 1.82) is 0 Å². The van der Waals surface area contributed by atoms with E-state index in [1.807, 2.05) is 31.2 Å². The number of carbonyl (C=O) groups excluding carboxylic acids is 1. The Kier molecular flexibility index (Phi) is 11.5. The van der Waals surface area contributed by atoms with Crippen molar-refractivity contribution in [2.24, 2.45) is 0 Å². The molecule has 0 aromatic heterocycles. The zero-order valence-corrected chi connectivity index (χ0v) is 26.2. The first-order valence-corrected chi connectivity index (χ1v) is 16.3. The summed E-state index contributed by atoms with van der Waals surface area (Å²) in [5.41, 5.74) is 7.02. The Morgan fingerprint density at radius 2 is 1.59 bits per heavy atom. The van der Waals surface area contributed by atoms with Gasteiger partial charge in [-0.1, -0.05) is 54.6 Å². The van der Waals surface area contributed by atoms with Crippen LogP contribution in [0.15, 0.2) is 84.9 Å². The van der Waals surface area contributed by atoms with Crippen LogP contribution in [0, 0.1) is 19.7 Å². The molecule has 0 bridgehead atoms. The summed E-state index contributed by atoms with van der Waals surface area (Å²) in [6.45, 7) is 8.31. The topological polar surface area (TPSA) is 93.7 Å². The van der Waals surface area contributed by atoms with Crippen LogP contribution in [-0.4, -0.2) is 34.1 Å². The highest BCUT2D eigenvalue weighted by Gasteiger charge is 2.16. The number of nitrogens with one attached hydrogen (secondary N) is 2. The van der Waals surface area contributed by atoms with Gasteiger partial charge in [-0.25, -0.2) is 12.8 Å². The number of amides is 1. The molecule has 0 aliphatic heterocycles. The van der Waals surface area contributed by atoms with E-state index in [0.29, 0.717) is 43.2 Å². The molecule has 9 heteroatoms. The highest BCUT2D eigenvalue weighted by Crippen LogP contribution is 2.32. The smallest absolute Gasteiger partial charge is 0.239 e. The van der Waals surface area contributed by atoms with E-state index >= 15 is 0 Å². The number of hydrogen-bond donors (Lipinski definition) is 2. The number of carbonyl (C=O) groups is 1. The molecule has 2 N–H and O–H groups in total. The first-order chi connectivity index (χ1) is 21.1. The Labute approximate surface area is 259 Å². The second-order valence-electron chi connectivity index (χ2n) is 10.6. The van der Waals surface area contributed by atoms with Crippen molar-refractivity contribution >= 4 is 21.6 Å². The third-order valence-electron chi connectivity index (χ3n) is 7.06. The van der Waals surface area contributed by atoms with E-state index in [4.69, 9.17) is 9.47 Å². The lowest BCUT2D eigenvalue weighted by atomic mass is 9.94. The molecule has 4 rings (SSSR count). The van der Waals surface area contributed by atoms with Crippen LogP contribution in [0.5, 0.6) is 5.75 Å². The maximum Gasteiger partial charge on any atom is 0.239 e. The first-order valence-electron chi connectivity index (χ1n) is 14.6. The summed E-state index contributed by atoms with van der Waals surface area (Å²) >= 11 is 0. The minimum Gasteiger partial charge on any atom is -0.491 e. The number of rotatable bonds is 15. The van der Waals surface area contributed by atoms with Crippen LogP contribution in [0.2, 0.25) is 0 Å². The van der Waals surface area contributed by atoms with Crippen LogP contribution in [0.4, 0.5) is 10.1 Å². The van der Waals surface area contributed by atoms with Gasteiger partial charge in [0.05, 0.1) is 12.4 Å². The van der Waals surface area contributed by atoms with E-state index in [2.05, 4.69) is 36.0 Å². The molecule has 0 unspecified atom stereocenters.